The zero-order valence-corrected chi connectivity index (χ0v) is 8.78. The summed E-state index contributed by atoms with van der Waals surface area (Å²) in [4.78, 5) is 14.3. The van der Waals surface area contributed by atoms with Gasteiger partial charge in [0.05, 0.1) is 6.61 Å². The molecule has 0 unspecified atom stereocenters. The molecule has 1 heterocycles. The Kier molecular flexibility index (Phi) is 4.06. The monoisotopic (exact) mass is 213 g/mol. The van der Waals surface area contributed by atoms with Gasteiger partial charge in [-0.05, 0) is 12.8 Å². The molecule has 1 rings (SSSR count). The molecule has 0 bridgehead atoms. The molecule has 1 aliphatic heterocycles. The Hall–Kier alpha value is -0.910. The highest BCUT2D eigenvalue weighted by molar-refractivity contribution is 7.96. The first-order valence-electron chi connectivity index (χ1n) is 4.12. The number of ketones is 1. The van der Waals surface area contributed by atoms with E-state index >= 15 is 0 Å². The van der Waals surface area contributed by atoms with E-state index in [4.69, 9.17) is 5.11 Å². The summed E-state index contributed by atoms with van der Waals surface area (Å²) in [6, 6.07) is 0. The molecule has 0 saturated carbocycles. The summed E-state index contributed by atoms with van der Waals surface area (Å²) in [5, 5.41) is 9.02. The van der Waals surface area contributed by atoms with E-state index in [1.54, 1.807) is 6.21 Å². The Bertz CT molecular complexity index is 321. The molecule has 5 heteroatoms. The molecule has 0 aliphatic carbocycles. The van der Waals surface area contributed by atoms with Crippen molar-refractivity contribution < 1.29 is 14.9 Å². The van der Waals surface area contributed by atoms with Crippen LogP contribution in [0.15, 0.2) is 23.4 Å². The molecule has 0 aromatic rings. The van der Waals surface area contributed by atoms with Gasteiger partial charge in [-0.15, -0.1) is 0 Å². The summed E-state index contributed by atoms with van der Waals surface area (Å²) in [6.07, 6.45) is 3.49. The van der Waals surface area contributed by atoms with Crippen LogP contribution in [0.3, 0.4) is 0 Å². The number of rotatable bonds is 4. The third kappa shape index (κ3) is 2.31. The van der Waals surface area contributed by atoms with Gasteiger partial charge in [0.2, 0.25) is 5.70 Å². The second kappa shape index (κ2) is 5.09. The van der Waals surface area contributed by atoms with E-state index in [1.165, 1.54) is 11.9 Å². The van der Waals surface area contributed by atoms with E-state index < -0.39 is 0 Å². The zero-order chi connectivity index (χ0) is 10.6. The quantitative estimate of drug-likeness (QED) is 0.388. The maximum atomic E-state index is 11.6. The van der Waals surface area contributed by atoms with Gasteiger partial charge in [-0.3, -0.25) is 9.52 Å². The second-order valence-electron chi connectivity index (χ2n) is 2.78. The van der Waals surface area contributed by atoms with Crippen molar-refractivity contribution in [1.29, 1.82) is 0 Å². The van der Waals surface area contributed by atoms with Crippen LogP contribution in [0, 0.1) is 0 Å². The highest BCUT2D eigenvalue weighted by Crippen LogP contribution is 2.08. The van der Waals surface area contributed by atoms with E-state index in [0.29, 0.717) is 23.4 Å². The lowest BCUT2D eigenvalue weighted by Gasteiger charge is -2.10. The first-order valence-corrected chi connectivity index (χ1v) is 5.35. The third-order valence-electron chi connectivity index (χ3n) is 1.92. The maximum absolute atomic E-state index is 11.6. The lowest BCUT2D eigenvalue weighted by Crippen LogP contribution is -2.71. The number of nitrogens with one attached hydrogen (secondary N) is 2. The SMILES string of the molecule is C=C1[NH+]=CC(CO)=C(CNSC)C1=O. The van der Waals surface area contributed by atoms with Gasteiger partial charge in [-0.25, -0.2) is 4.99 Å². The minimum absolute atomic E-state index is 0.141. The molecule has 0 aromatic heterocycles. The molecule has 0 amide bonds. The second-order valence-corrected chi connectivity index (χ2v) is 3.48. The van der Waals surface area contributed by atoms with Crippen molar-refractivity contribution in [3.63, 3.8) is 0 Å². The van der Waals surface area contributed by atoms with E-state index in [-0.39, 0.29) is 12.4 Å². The van der Waals surface area contributed by atoms with Gasteiger partial charge < -0.3 is 5.11 Å². The van der Waals surface area contributed by atoms with Crippen molar-refractivity contribution in [3.05, 3.63) is 23.4 Å². The van der Waals surface area contributed by atoms with Gasteiger partial charge in [0.25, 0.3) is 5.78 Å². The number of allylic oxidation sites excluding steroid dienone is 1. The third-order valence-corrected chi connectivity index (χ3v) is 2.35. The van der Waals surface area contributed by atoms with E-state index in [1.807, 2.05) is 6.26 Å². The number of hydrogen-bond donors (Lipinski definition) is 3. The molecule has 3 N–H and O–H groups in total. The van der Waals surface area contributed by atoms with Crippen molar-refractivity contribution in [1.82, 2.24) is 4.72 Å². The van der Waals surface area contributed by atoms with Crippen LogP contribution in [0.25, 0.3) is 0 Å². The molecule has 0 aromatic carbocycles. The van der Waals surface area contributed by atoms with E-state index in [0.717, 1.165) is 0 Å². The fraction of sp³-hybridized carbons (Fsp3) is 0.333. The summed E-state index contributed by atoms with van der Waals surface area (Å²) in [6.45, 7) is 3.88. The number of aliphatic hydroxyl groups is 1. The number of aliphatic hydroxyl groups excluding tert-OH is 1. The van der Waals surface area contributed by atoms with Crippen LogP contribution in [0.1, 0.15) is 0 Å². The van der Waals surface area contributed by atoms with Gasteiger partial charge >= 0.3 is 0 Å². The van der Waals surface area contributed by atoms with Crippen LogP contribution >= 0.6 is 11.9 Å². The van der Waals surface area contributed by atoms with Gasteiger partial charge in [-0.2, -0.15) is 0 Å². The predicted molar refractivity (Wildman–Crippen MR) is 56.8 cm³/mol. The van der Waals surface area contributed by atoms with Crippen molar-refractivity contribution in [2.75, 3.05) is 19.4 Å². The molecular formula is C9H13N2O2S+. The average Bonchev–Trinajstić information content (AvgIpc) is 2.20. The topological polar surface area (TPSA) is 63.3 Å². The summed E-state index contributed by atoms with van der Waals surface area (Å²) in [7, 11) is 0. The minimum Gasteiger partial charge on any atom is -0.391 e. The number of Topliss-reactive ketones (excluding diaryl/α,β-unsaturated/α-hetero) is 1. The predicted octanol–water partition coefficient (Wildman–Crippen LogP) is -1.61. The highest BCUT2D eigenvalue weighted by Gasteiger charge is 2.24. The van der Waals surface area contributed by atoms with Crippen molar-refractivity contribution in [2.24, 2.45) is 0 Å². The molecule has 0 fully saturated rings. The molecule has 4 nitrogen and oxygen atoms in total. The largest absolute Gasteiger partial charge is 0.391 e. The zero-order valence-electron chi connectivity index (χ0n) is 7.96. The lowest BCUT2D eigenvalue weighted by atomic mass is 10.0. The average molecular weight is 213 g/mol. The number of carbonyl (C=O) groups is 1. The Labute approximate surface area is 86.9 Å². The van der Waals surface area contributed by atoms with Crippen molar-refractivity contribution in [3.8, 4) is 0 Å². The Morgan fingerprint density at radius 1 is 1.71 bits per heavy atom. The van der Waals surface area contributed by atoms with Crippen LogP contribution in [-0.4, -0.2) is 36.5 Å². The van der Waals surface area contributed by atoms with Gasteiger partial charge in [0.1, 0.15) is 0 Å². The fourth-order valence-electron chi connectivity index (χ4n) is 1.13. The highest BCUT2D eigenvalue weighted by atomic mass is 32.2. The van der Waals surface area contributed by atoms with E-state index in [9.17, 15) is 4.79 Å². The molecule has 14 heavy (non-hydrogen) atoms. The molecule has 0 saturated heterocycles. The maximum Gasteiger partial charge on any atom is 0.253 e. The first kappa shape index (κ1) is 11.2. The molecule has 0 spiro atoms. The molecular weight excluding hydrogens is 200 g/mol. The Balaban J connectivity index is 2.90. The van der Waals surface area contributed by atoms with Crippen LogP contribution in [0.4, 0.5) is 0 Å². The summed E-state index contributed by atoms with van der Waals surface area (Å²) in [5.41, 5.74) is 1.54. The summed E-state index contributed by atoms with van der Waals surface area (Å²) < 4.78 is 2.97. The van der Waals surface area contributed by atoms with Crippen LogP contribution in [-0.2, 0) is 4.79 Å². The summed E-state index contributed by atoms with van der Waals surface area (Å²) >= 11 is 1.43. The van der Waals surface area contributed by atoms with Gasteiger partial charge in [-0.1, -0.05) is 11.9 Å². The van der Waals surface area contributed by atoms with Crippen LogP contribution in [0.5, 0.6) is 0 Å². The van der Waals surface area contributed by atoms with Crippen LogP contribution < -0.4 is 9.71 Å². The van der Waals surface area contributed by atoms with Crippen molar-refractivity contribution in [2.45, 2.75) is 0 Å². The number of hydrogen-bond acceptors (Lipinski definition) is 4. The minimum atomic E-state index is -0.141. The summed E-state index contributed by atoms with van der Waals surface area (Å²) in [5.74, 6) is -0.141. The standard InChI is InChI=1S/C9H12N2O2S/c1-6-9(13)8(4-11-14-2)7(5-12)3-10-6/h3,11-12H,1,4-5H2,2H3/p+1. The van der Waals surface area contributed by atoms with Gasteiger partial charge in [0, 0.05) is 17.7 Å². The number of carbonyl (C=O) groups excluding carboxylic acids is 1. The smallest absolute Gasteiger partial charge is 0.253 e. The lowest BCUT2D eigenvalue weighted by molar-refractivity contribution is -0.385. The Morgan fingerprint density at radius 2 is 2.43 bits per heavy atom. The molecule has 0 radical (unpaired) electrons. The Morgan fingerprint density at radius 3 is 3.00 bits per heavy atom. The molecule has 0 atom stereocenters. The van der Waals surface area contributed by atoms with Crippen molar-refractivity contribution >= 4 is 23.9 Å². The first-order chi connectivity index (χ1) is 6.70. The van der Waals surface area contributed by atoms with Gasteiger partial charge in [0.15, 0.2) is 6.21 Å². The van der Waals surface area contributed by atoms with E-state index in [2.05, 4.69) is 16.3 Å². The molecule has 76 valence electrons. The fourth-order valence-corrected chi connectivity index (χ4v) is 1.42. The normalized spacial score (nSPS) is 16.7. The van der Waals surface area contributed by atoms with Crippen LogP contribution in [0.2, 0.25) is 0 Å². The molecule has 1 aliphatic rings.